The summed E-state index contributed by atoms with van der Waals surface area (Å²) in [4.78, 5) is 15.8. The molecule has 1 aliphatic heterocycles. The summed E-state index contributed by atoms with van der Waals surface area (Å²) < 4.78 is 0. The van der Waals surface area contributed by atoms with Crippen molar-refractivity contribution in [2.75, 3.05) is 18.5 Å². The van der Waals surface area contributed by atoms with Gasteiger partial charge in [0.2, 0.25) is 0 Å². The molecule has 20 heavy (non-hydrogen) atoms. The van der Waals surface area contributed by atoms with Crippen molar-refractivity contribution >= 4 is 11.7 Å². The third-order valence-electron chi connectivity index (χ3n) is 4.56. The quantitative estimate of drug-likeness (QED) is 0.920. The maximum Gasteiger partial charge on any atom is 0.324 e. The second kappa shape index (κ2) is 5.44. The SMILES string of the molecule is CN1Cc2ccccc2N(CC(O)C2CCCC2)C1=O. The molecule has 1 aromatic rings. The van der Waals surface area contributed by atoms with Crippen LogP contribution in [0, 0.1) is 5.92 Å². The van der Waals surface area contributed by atoms with Gasteiger partial charge in [0.15, 0.2) is 0 Å². The Hall–Kier alpha value is -1.55. The minimum absolute atomic E-state index is 0.0132. The first-order valence-corrected chi connectivity index (χ1v) is 7.45. The van der Waals surface area contributed by atoms with Gasteiger partial charge in [0.25, 0.3) is 0 Å². The van der Waals surface area contributed by atoms with Gasteiger partial charge in [-0.2, -0.15) is 0 Å². The summed E-state index contributed by atoms with van der Waals surface area (Å²) >= 11 is 0. The fourth-order valence-corrected chi connectivity index (χ4v) is 3.39. The smallest absolute Gasteiger partial charge is 0.324 e. The number of para-hydroxylation sites is 1. The fourth-order valence-electron chi connectivity index (χ4n) is 3.39. The Kier molecular flexibility index (Phi) is 3.66. The number of carbonyl (C=O) groups is 1. The number of benzene rings is 1. The number of fused-ring (bicyclic) bond motifs is 1. The van der Waals surface area contributed by atoms with Crippen molar-refractivity contribution in [1.29, 1.82) is 0 Å². The van der Waals surface area contributed by atoms with E-state index in [9.17, 15) is 9.90 Å². The zero-order chi connectivity index (χ0) is 14.1. The van der Waals surface area contributed by atoms with E-state index in [4.69, 9.17) is 0 Å². The van der Waals surface area contributed by atoms with Crippen molar-refractivity contribution < 1.29 is 9.90 Å². The van der Waals surface area contributed by atoms with Gasteiger partial charge >= 0.3 is 6.03 Å². The lowest BCUT2D eigenvalue weighted by Crippen LogP contribution is -2.49. The Balaban J connectivity index is 1.81. The first kappa shape index (κ1) is 13.4. The van der Waals surface area contributed by atoms with Crippen LogP contribution in [0.4, 0.5) is 10.5 Å². The fraction of sp³-hybridized carbons (Fsp3) is 0.562. The summed E-state index contributed by atoms with van der Waals surface area (Å²) in [6.07, 6.45) is 4.15. The molecule has 1 unspecified atom stereocenters. The molecule has 0 bridgehead atoms. The van der Waals surface area contributed by atoms with Crippen LogP contribution in [0.5, 0.6) is 0 Å². The molecule has 2 aliphatic rings. The summed E-state index contributed by atoms with van der Waals surface area (Å²) in [5, 5.41) is 10.4. The second-order valence-corrected chi connectivity index (χ2v) is 5.99. The lowest BCUT2D eigenvalue weighted by Gasteiger charge is -2.37. The molecular weight excluding hydrogens is 252 g/mol. The second-order valence-electron chi connectivity index (χ2n) is 5.99. The highest BCUT2D eigenvalue weighted by molar-refractivity contribution is 5.94. The molecule has 3 rings (SSSR count). The number of aliphatic hydroxyl groups is 1. The van der Waals surface area contributed by atoms with Crippen LogP contribution in [0.1, 0.15) is 31.2 Å². The van der Waals surface area contributed by atoms with E-state index in [-0.39, 0.29) is 6.03 Å². The van der Waals surface area contributed by atoms with Crippen molar-refractivity contribution in [2.45, 2.75) is 38.3 Å². The van der Waals surface area contributed by atoms with E-state index >= 15 is 0 Å². The number of nitrogens with zero attached hydrogens (tertiary/aromatic N) is 2. The minimum atomic E-state index is -0.416. The molecule has 4 nitrogen and oxygen atoms in total. The van der Waals surface area contributed by atoms with Crippen LogP contribution in [0.15, 0.2) is 24.3 Å². The molecule has 108 valence electrons. The van der Waals surface area contributed by atoms with Gasteiger partial charge in [0.1, 0.15) is 0 Å². The third-order valence-corrected chi connectivity index (χ3v) is 4.56. The molecule has 1 aliphatic carbocycles. The molecule has 0 spiro atoms. The first-order chi connectivity index (χ1) is 9.66. The topological polar surface area (TPSA) is 43.8 Å². The normalized spacial score (nSPS) is 21.2. The Bertz CT molecular complexity index is 497. The molecule has 0 saturated heterocycles. The van der Waals surface area contributed by atoms with E-state index < -0.39 is 6.10 Å². The molecule has 4 heteroatoms. The number of β-amino-alcohol motifs (C(OH)–C–C–N with tert-alkyl or cyclic N) is 1. The monoisotopic (exact) mass is 274 g/mol. The molecule has 1 N–H and O–H groups in total. The van der Waals surface area contributed by atoms with Gasteiger partial charge in [0, 0.05) is 13.6 Å². The highest BCUT2D eigenvalue weighted by atomic mass is 16.3. The Morgan fingerprint density at radius 3 is 2.75 bits per heavy atom. The number of rotatable bonds is 3. The summed E-state index contributed by atoms with van der Waals surface area (Å²) in [6, 6.07) is 7.95. The van der Waals surface area contributed by atoms with Crippen LogP contribution >= 0.6 is 0 Å². The highest BCUT2D eigenvalue weighted by Gasteiger charge is 2.32. The number of aliphatic hydroxyl groups excluding tert-OH is 1. The van der Waals surface area contributed by atoms with Crippen LogP contribution in [0.2, 0.25) is 0 Å². The summed E-state index contributed by atoms with van der Waals surface area (Å²) in [7, 11) is 1.81. The van der Waals surface area contributed by atoms with Crippen LogP contribution in [0.3, 0.4) is 0 Å². The standard InChI is InChI=1S/C16H22N2O2/c1-17-10-13-8-4-5-9-14(13)18(16(17)20)11-15(19)12-6-2-3-7-12/h4-5,8-9,12,15,19H,2-3,6-7,10-11H2,1H3. The van der Waals surface area contributed by atoms with E-state index in [1.807, 2.05) is 31.3 Å². The number of amides is 2. The van der Waals surface area contributed by atoms with E-state index in [1.54, 1.807) is 9.80 Å². The maximum atomic E-state index is 12.4. The van der Waals surface area contributed by atoms with E-state index in [2.05, 4.69) is 0 Å². The molecule has 0 aromatic heterocycles. The first-order valence-electron chi connectivity index (χ1n) is 7.45. The van der Waals surface area contributed by atoms with Crippen molar-refractivity contribution in [3.63, 3.8) is 0 Å². The van der Waals surface area contributed by atoms with Crippen LogP contribution in [-0.4, -0.2) is 35.7 Å². The molecule has 1 heterocycles. The summed E-state index contributed by atoms with van der Waals surface area (Å²) in [5.74, 6) is 0.349. The Morgan fingerprint density at radius 1 is 1.30 bits per heavy atom. The number of anilines is 1. The molecular formula is C16H22N2O2. The van der Waals surface area contributed by atoms with E-state index in [1.165, 1.54) is 12.8 Å². The van der Waals surface area contributed by atoms with Crippen molar-refractivity contribution in [3.05, 3.63) is 29.8 Å². The summed E-state index contributed by atoms with van der Waals surface area (Å²) in [6.45, 7) is 1.05. The van der Waals surface area contributed by atoms with Gasteiger partial charge in [-0.05, 0) is 30.4 Å². The minimum Gasteiger partial charge on any atom is -0.391 e. The lowest BCUT2D eigenvalue weighted by molar-refractivity contribution is 0.114. The number of carbonyl (C=O) groups excluding carboxylic acids is 1. The number of hydrogen-bond acceptors (Lipinski definition) is 2. The van der Waals surface area contributed by atoms with Gasteiger partial charge in [-0.3, -0.25) is 4.90 Å². The van der Waals surface area contributed by atoms with Gasteiger partial charge < -0.3 is 10.0 Å². The molecule has 2 amide bonds. The Labute approximate surface area is 120 Å². The predicted molar refractivity (Wildman–Crippen MR) is 78.6 cm³/mol. The molecule has 1 aromatic carbocycles. The number of urea groups is 1. The van der Waals surface area contributed by atoms with E-state index in [0.29, 0.717) is 19.0 Å². The average Bonchev–Trinajstić information content (AvgIpc) is 2.98. The van der Waals surface area contributed by atoms with Crippen LogP contribution in [0.25, 0.3) is 0 Å². The molecule has 0 radical (unpaired) electrons. The zero-order valence-electron chi connectivity index (χ0n) is 12.0. The Morgan fingerprint density at radius 2 is 2.00 bits per heavy atom. The van der Waals surface area contributed by atoms with Gasteiger partial charge in [-0.1, -0.05) is 31.0 Å². The van der Waals surface area contributed by atoms with Crippen LogP contribution < -0.4 is 4.90 Å². The predicted octanol–water partition coefficient (Wildman–Crippen LogP) is 2.61. The van der Waals surface area contributed by atoms with Gasteiger partial charge in [-0.25, -0.2) is 4.79 Å². The highest BCUT2D eigenvalue weighted by Crippen LogP contribution is 2.31. The van der Waals surface area contributed by atoms with Crippen molar-refractivity contribution in [3.8, 4) is 0 Å². The van der Waals surface area contributed by atoms with Gasteiger partial charge in [-0.15, -0.1) is 0 Å². The summed E-state index contributed by atoms with van der Waals surface area (Å²) in [5.41, 5.74) is 2.10. The lowest BCUT2D eigenvalue weighted by atomic mass is 9.99. The van der Waals surface area contributed by atoms with Crippen LogP contribution in [-0.2, 0) is 6.54 Å². The van der Waals surface area contributed by atoms with E-state index in [0.717, 1.165) is 24.1 Å². The third kappa shape index (κ3) is 2.40. The maximum absolute atomic E-state index is 12.4. The largest absolute Gasteiger partial charge is 0.391 e. The number of hydrogen-bond donors (Lipinski definition) is 1. The van der Waals surface area contributed by atoms with Crippen molar-refractivity contribution in [1.82, 2.24) is 4.90 Å². The molecule has 1 saturated carbocycles. The van der Waals surface area contributed by atoms with Gasteiger partial charge in [0.05, 0.1) is 18.3 Å². The molecule has 1 fully saturated rings. The van der Waals surface area contributed by atoms with Crippen molar-refractivity contribution in [2.24, 2.45) is 5.92 Å². The zero-order valence-corrected chi connectivity index (χ0v) is 12.0. The average molecular weight is 274 g/mol. The molecule has 1 atom stereocenters.